The van der Waals surface area contributed by atoms with E-state index >= 15 is 0 Å². The molecule has 190 valence electrons. The number of carbonyl (C=O) groups excluding carboxylic acids is 1. The first-order valence-electron chi connectivity index (χ1n) is 11.3. The van der Waals surface area contributed by atoms with E-state index < -0.39 is 21.8 Å². The Morgan fingerprint density at radius 2 is 1.81 bits per heavy atom. The van der Waals surface area contributed by atoms with Crippen LogP contribution < -0.4 is 8.92 Å². The molecule has 0 radical (unpaired) electrons. The fraction of sp³-hybridized carbons (Fsp3) is 0.269. The third-order valence-electron chi connectivity index (χ3n) is 5.71. The molecule has 1 heterocycles. The van der Waals surface area contributed by atoms with E-state index in [1.165, 1.54) is 48.4 Å². The number of hydrogen-bond acceptors (Lipinski definition) is 6. The van der Waals surface area contributed by atoms with Gasteiger partial charge in [0.25, 0.3) is 5.91 Å². The van der Waals surface area contributed by atoms with Crippen molar-refractivity contribution in [1.29, 1.82) is 0 Å². The number of methoxy groups -OCH3 is 1. The quantitative estimate of drug-likeness (QED) is 0.387. The zero-order chi connectivity index (χ0) is 25.7. The van der Waals surface area contributed by atoms with Gasteiger partial charge in [0.15, 0.2) is 11.5 Å². The monoisotopic (exact) mass is 517 g/mol. The molecule has 0 spiro atoms. The molecule has 3 aromatic carbocycles. The lowest BCUT2D eigenvalue weighted by Crippen LogP contribution is -2.37. The van der Waals surface area contributed by atoms with Crippen LogP contribution in [0.3, 0.4) is 0 Å². The number of ether oxygens (including phenoxy) is 2. The average molecular weight is 518 g/mol. The van der Waals surface area contributed by atoms with E-state index in [0.717, 1.165) is 37.1 Å². The van der Waals surface area contributed by atoms with E-state index in [1.807, 2.05) is 0 Å². The molecule has 1 atom stereocenters. The van der Waals surface area contributed by atoms with Gasteiger partial charge in [0.05, 0.1) is 13.2 Å². The topological polar surface area (TPSA) is 82.1 Å². The summed E-state index contributed by atoms with van der Waals surface area (Å²) in [4.78, 5) is 14.6. The Kier molecular flexibility index (Phi) is 7.85. The molecule has 1 aliphatic rings. The number of carbonyl (C=O) groups is 1. The van der Waals surface area contributed by atoms with Crippen LogP contribution in [0.5, 0.6) is 11.5 Å². The van der Waals surface area contributed by atoms with Gasteiger partial charge in [-0.3, -0.25) is 4.79 Å². The molecule has 0 saturated carbocycles. The average Bonchev–Trinajstić information content (AvgIpc) is 3.37. The maximum atomic E-state index is 13.8. The van der Waals surface area contributed by atoms with Crippen LogP contribution in [0.25, 0.3) is 0 Å². The summed E-state index contributed by atoms with van der Waals surface area (Å²) in [5.41, 5.74) is 0.750. The summed E-state index contributed by atoms with van der Waals surface area (Å²) in [5.74, 6) is -1.42. The van der Waals surface area contributed by atoms with Crippen molar-refractivity contribution in [3.05, 3.63) is 89.5 Å². The molecule has 1 saturated heterocycles. The van der Waals surface area contributed by atoms with Crippen molar-refractivity contribution < 1.29 is 35.6 Å². The molecule has 7 nitrogen and oxygen atoms in total. The third kappa shape index (κ3) is 6.19. The second-order valence-corrected chi connectivity index (χ2v) is 9.85. The van der Waals surface area contributed by atoms with Gasteiger partial charge in [0.1, 0.15) is 16.5 Å². The summed E-state index contributed by atoms with van der Waals surface area (Å²) < 4.78 is 68.8. The Morgan fingerprint density at radius 3 is 2.47 bits per heavy atom. The molecule has 1 unspecified atom stereocenters. The Morgan fingerprint density at radius 1 is 1.03 bits per heavy atom. The van der Waals surface area contributed by atoms with Crippen LogP contribution in [-0.2, 0) is 21.4 Å². The van der Waals surface area contributed by atoms with Gasteiger partial charge in [-0.1, -0.05) is 12.1 Å². The highest BCUT2D eigenvalue weighted by Crippen LogP contribution is 2.32. The molecular formula is C26H25F2NO6S. The van der Waals surface area contributed by atoms with E-state index in [1.54, 1.807) is 6.07 Å². The van der Waals surface area contributed by atoms with Gasteiger partial charge in [-0.2, -0.15) is 8.42 Å². The van der Waals surface area contributed by atoms with Crippen LogP contribution >= 0.6 is 0 Å². The van der Waals surface area contributed by atoms with Crippen molar-refractivity contribution in [3.8, 4) is 11.5 Å². The smallest absolute Gasteiger partial charge is 0.339 e. The Balaban J connectivity index is 1.61. The van der Waals surface area contributed by atoms with Crippen molar-refractivity contribution in [2.75, 3.05) is 20.3 Å². The Bertz CT molecular complexity index is 1320. The van der Waals surface area contributed by atoms with Crippen LogP contribution in [0.2, 0.25) is 0 Å². The van der Waals surface area contributed by atoms with Crippen LogP contribution in [-0.4, -0.2) is 45.6 Å². The van der Waals surface area contributed by atoms with E-state index in [0.29, 0.717) is 12.2 Å². The summed E-state index contributed by atoms with van der Waals surface area (Å²) in [5, 5.41) is 0. The van der Waals surface area contributed by atoms with Crippen molar-refractivity contribution in [2.45, 2.75) is 30.4 Å². The Labute approximate surface area is 208 Å². The van der Waals surface area contributed by atoms with E-state index in [9.17, 15) is 22.0 Å². The van der Waals surface area contributed by atoms with Gasteiger partial charge in [0, 0.05) is 25.3 Å². The zero-order valence-electron chi connectivity index (χ0n) is 19.5. The first-order valence-corrected chi connectivity index (χ1v) is 12.7. The molecule has 0 aliphatic carbocycles. The number of hydrogen-bond donors (Lipinski definition) is 0. The van der Waals surface area contributed by atoms with Crippen molar-refractivity contribution in [1.82, 2.24) is 4.90 Å². The summed E-state index contributed by atoms with van der Waals surface area (Å²) in [7, 11) is -2.91. The molecule has 0 bridgehead atoms. The lowest BCUT2D eigenvalue weighted by Gasteiger charge is -2.26. The minimum atomic E-state index is -4.28. The number of nitrogens with zero attached hydrogens (tertiary/aromatic N) is 1. The van der Waals surface area contributed by atoms with Gasteiger partial charge in [-0.25, -0.2) is 8.78 Å². The fourth-order valence-electron chi connectivity index (χ4n) is 3.93. The van der Waals surface area contributed by atoms with E-state index in [-0.39, 0.29) is 47.1 Å². The molecule has 0 aromatic heterocycles. The zero-order valence-corrected chi connectivity index (χ0v) is 20.3. The highest BCUT2D eigenvalue weighted by molar-refractivity contribution is 7.87. The van der Waals surface area contributed by atoms with Gasteiger partial charge < -0.3 is 18.6 Å². The largest absolute Gasteiger partial charge is 0.493 e. The molecular weight excluding hydrogens is 492 g/mol. The number of rotatable bonds is 9. The van der Waals surface area contributed by atoms with Crippen molar-refractivity contribution in [3.63, 3.8) is 0 Å². The lowest BCUT2D eigenvalue weighted by atomic mass is 10.1. The van der Waals surface area contributed by atoms with Crippen LogP contribution in [0.15, 0.2) is 71.6 Å². The SMILES string of the molecule is COc1ccc(CN(CC2CCCO2)C(=O)c2cccc(F)c2)cc1OS(=O)(=O)c1ccc(F)cc1. The summed E-state index contributed by atoms with van der Waals surface area (Å²) >= 11 is 0. The molecule has 3 aromatic rings. The fourth-order valence-corrected chi connectivity index (χ4v) is 4.86. The number of halogens is 2. The maximum Gasteiger partial charge on any atom is 0.339 e. The molecule has 0 N–H and O–H groups in total. The molecule has 1 aliphatic heterocycles. The third-order valence-corrected chi connectivity index (χ3v) is 6.96. The summed E-state index contributed by atoms with van der Waals surface area (Å²) in [6.07, 6.45) is 1.52. The van der Waals surface area contributed by atoms with E-state index in [2.05, 4.69) is 0 Å². The standard InChI is InChI=1S/C26H25F2NO6S/c1-33-24-12-7-18(14-25(24)35-36(31,32)23-10-8-20(27)9-11-23)16-29(17-22-6-3-13-34-22)26(30)19-4-2-5-21(28)15-19/h2,4-5,7-12,14-15,22H,3,6,13,16-17H2,1H3. The van der Waals surface area contributed by atoms with Crippen molar-refractivity contribution >= 4 is 16.0 Å². The number of benzene rings is 3. The second kappa shape index (κ2) is 11.0. The van der Waals surface area contributed by atoms with Crippen LogP contribution in [0, 0.1) is 11.6 Å². The second-order valence-electron chi connectivity index (χ2n) is 8.31. The predicted molar refractivity (Wildman–Crippen MR) is 127 cm³/mol. The highest BCUT2D eigenvalue weighted by Gasteiger charge is 2.25. The number of amides is 1. The maximum absolute atomic E-state index is 13.8. The molecule has 10 heteroatoms. The molecule has 1 fully saturated rings. The first kappa shape index (κ1) is 25.6. The Hall–Kier alpha value is -3.50. The predicted octanol–water partition coefficient (Wildman–Crippen LogP) is 4.56. The van der Waals surface area contributed by atoms with Gasteiger partial charge in [0.2, 0.25) is 0 Å². The molecule has 1 amide bonds. The lowest BCUT2D eigenvalue weighted by molar-refractivity contribution is 0.0507. The highest BCUT2D eigenvalue weighted by atomic mass is 32.2. The summed E-state index contributed by atoms with van der Waals surface area (Å²) in [6.45, 7) is 0.978. The molecule has 36 heavy (non-hydrogen) atoms. The van der Waals surface area contributed by atoms with Gasteiger partial charge in [-0.15, -0.1) is 0 Å². The summed E-state index contributed by atoms with van der Waals surface area (Å²) in [6, 6.07) is 14.3. The van der Waals surface area contributed by atoms with Crippen LogP contribution in [0.4, 0.5) is 8.78 Å². The van der Waals surface area contributed by atoms with Crippen molar-refractivity contribution in [2.24, 2.45) is 0 Å². The molecule has 4 rings (SSSR count). The minimum Gasteiger partial charge on any atom is -0.493 e. The van der Waals surface area contributed by atoms with Crippen LogP contribution in [0.1, 0.15) is 28.8 Å². The van der Waals surface area contributed by atoms with E-state index in [4.69, 9.17) is 13.7 Å². The van der Waals surface area contributed by atoms with Gasteiger partial charge in [-0.05, 0) is 73.0 Å². The minimum absolute atomic E-state index is 0.0883. The normalized spacial score (nSPS) is 15.5. The van der Waals surface area contributed by atoms with Gasteiger partial charge >= 0.3 is 10.1 Å². The first-order chi connectivity index (χ1) is 17.2.